The van der Waals surface area contributed by atoms with Crippen molar-refractivity contribution in [1.29, 1.82) is 0 Å². The first-order valence-corrected chi connectivity index (χ1v) is 8.13. The molecule has 0 aromatic heterocycles. The van der Waals surface area contributed by atoms with Gasteiger partial charge in [0.25, 0.3) is 5.69 Å². The highest BCUT2D eigenvalue weighted by molar-refractivity contribution is 5.83. The first-order valence-electron chi connectivity index (χ1n) is 8.13. The third-order valence-corrected chi connectivity index (χ3v) is 4.40. The van der Waals surface area contributed by atoms with Gasteiger partial charge in [-0.2, -0.15) is 0 Å². The van der Waals surface area contributed by atoms with Crippen molar-refractivity contribution in [3.63, 3.8) is 0 Å². The summed E-state index contributed by atoms with van der Waals surface area (Å²) in [5.41, 5.74) is 0.756. The minimum atomic E-state index is -0.462. The molecule has 0 unspecified atom stereocenters. The average molecular weight is 334 g/mol. The van der Waals surface area contributed by atoms with E-state index in [0.29, 0.717) is 32.5 Å². The van der Waals surface area contributed by atoms with Gasteiger partial charge in [-0.25, -0.2) is 0 Å². The van der Waals surface area contributed by atoms with E-state index in [9.17, 15) is 19.7 Å². The summed E-state index contributed by atoms with van der Waals surface area (Å²) in [6, 6.07) is 6.05. The van der Waals surface area contributed by atoms with Crippen molar-refractivity contribution in [2.75, 3.05) is 19.7 Å². The Morgan fingerprint density at radius 2 is 1.88 bits per heavy atom. The van der Waals surface area contributed by atoms with E-state index < -0.39 is 4.92 Å². The second-order valence-electron chi connectivity index (χ2n) is 5.92. The van der Waals surface area contributed by atoms with Crippen LogP contribution in [0.1, 0.15) is 38.2 Å². The number of hydrogen-bond donors (Lipinski definition) is 0. The number of piperidine rings is 1. The summed E-state index contributed by atoms with van der Waals surface area (Å²) in [6.45, 7) is 5.00. The molecule has 7 heteroatoms. The standard InChI is InChI=1S/C17H22N2O5/c1-3-24-17(21)14-8-10-18(11-9-14)16(20)12(2)13-4-6-15(7-5-13)19(22)23/h4-7,12,14H,3,8-11H2,1-2H3/t12-/m1/s1. The van der Waals surface area contributed by atoms with Gasteiger partial charge in [0.1, 0.15) is 0 Å². The molecule has 0 saturated carbocycles. The van der Waals surface area contributed by atoms with E-state index in [0.717, 1.165) is 5.56 Å². The number of likely N-dealkylation sites (tertiary alicyclic amines) is 1. The zero-order chi connectivity index (χ0) is 17.7. The number of rotatable bonds is 5. The summed E-state index contributed by atoms with van der Waals surface area (Å²) in [4.78, 5) is 36.3. The van der Waals surface area contributed by atoms with Crippen LogP contribution < -0.4 is 0 Å². The average Bonchev–Trinajstić information content (AvgIpc) is 2.61. The van der Waals surface area contributed by atoms with Crippen LogP contribution in [0.15, 0.2) is 24.3 Å². The van der Waals surface area contributed by atoms with Gasteiger partial charge in [0, 0.05) is 25.2 Å². The topological polar surface area (TPSA) is 89.8 Å². The number of carbonyl (C=O) groups excluding carboxylic acids is 2. The number of hydrogen-bond acceptors (Lipinski definition) is 5. The molecule has 1 atom stereocenters. The largest absolute Gasteiger partial charge is 0.466 e. The predicted molar refractivity (Wildman–Crippen MR) is 87.4 cm³/mol. The van der Waals surface area contributed by atoms with Gasteiger partial charge in [0.05, 0.1) is 23.4 Å². The summed E-state index contributed by atoms with van der Waals surface area (Å²) in [5, 5.41) is 10.7. The lowest BCUT2D eigenvalue weighted by Gasteiger charge is -2.32. The molecule has 1 aliphatic rings. The molecule has 7 nitrogen and oxygen atoms in total. The van der Waals surface area contributed by atoms with Gasteiger partial charge < -0.3 is 9.64 Å². The Hall–Kier alpha value is -2.44. The van der Waals surface area contributed by atoms with E-state index in [1.54, 1.807) is 30.9 Å². The van der Waals surface area contributed by atoms with Crippen molar-refractivity contribution in [1.82, 2.24) is 4.90 Å². The van der Waals surface area contributed by atoms with Gasteiger partial charge in [-0.05, 0) is 32.3 Å². The molecule has 24 heavy (non-hydrogen) atoms. The molecule has 1 aromatic rings. The molecular weight excluding hydrogens is 312 g/mol. The van der Waals surface area contributed by atoms with Gasteiger partial charge >= 0.3 is 5.97 Å². The Balaban J connectivity index is 1.94. The normalized spacial score (nSPS) is 16.5. The molecule has 0 radical (unpaired) electrons. The van der Waals surface area contributed by atoms with E-state index in [2.05, 4.69) is 0 Å². The summed E-state index contributed by atoms with van der Waals surface area (Å²) in [5.74, 6) is -0.715. The van der Waals surface area contributed by atoms with Crippen molar-refractivity contribution in [2.45, 2.75) is 32.6 Å². The maximum absolute atomic E-state index is 12.6. The van der Waals surface area contributed by atoms with E-state index in [1.807, 2.05) is 0 Å². The highest BCUT2D eigenvalue weighted by atomic mass is 16.6. The zero-order valence-corrected chi connectivity index (χ0v) is 13.9. The number of esters is 1. The van der Waals surface area contributed by atoms with Crippen molar-refractivity contribution in [3.05, 3.63) is 39.9 Å². The third-order valence-electron chi connectivity index (χ3n) is 4.40. The quantitative estimate of drug-likeness (QED) is 0.469. The zero-order valence-electron chi connectivity index (χ0n) is 13.9. The van der Waals surface area contributed by atoms with Crippen LogP contribution in [-0.2, 0) is 14.3 Å². The molecular formula is C17H22N2O5. The fourth-order valence-corrected chi connectivity index (χ4v) is 2.90. The maximum atomic E-state index is 12.6. The number of nitro benzene ring substituents is 1. The van der Waals surface area contributed by atoms with Crippen LogP contribution in [0.25, 0.3) is 0 Å². The number of amides is 1. The summed E-state index contributed by atoms with van der Waals surface area (Å²) in [7, 11) is 0. The third kappa shape index (κ3) is 4.10. The van der Waals surface area contributed by atoms with Gasteiger partial charge in [0.15, 0.2) is 0 Å². The number of carbonyl (C=O) groups is 2. The molecule has 1 aromatic carbocycles. The number of benzene rings is 1. The fraction of sp³-hybridized carbons (Fsp3) is 0.529. The van der Waals surface area contributed by atoms with Crippen LogP contribution in [0.3, 0.4) is 0 Å². The van der Waals surface area contributed by atoms with Gasteiger partial charge in [-0.1, -0.05) is 12.1 Å². The molecule has 2 rings (SSSR count). The summed E-state index contributed by atoms with van der Waals surface area (Å²) < 4.78 is 5.03. The first-order chi connectivity index (χ1) is 11.4. The van der Waals surface area contributed by atoms with Crippen LogP contribution in [0.4, 0.5) is 5.69 Å². The molecule has 1 saturated heterocycles. The summed E-state index contributed by atoms with van der Waals surface area (Å²) >= 11 is 0. The second-order valence-corrected chi connectivity index (χ2v) is 5.92. The number of nitrogens with zero attached hydrogens (tertiary/aromatic N) is 2. The van der Waals surface area contributed by atoms with E-state index in [4.69, 9.17) is 4.74 Å². The van der Waals surface area contributed by atoms with Crippen molar-refractivity contribution in [2.24, 2.45) is 5.92 Å². The van der Waals surface area contributed by atoms with Crippen molar-refractivity contribution < 1.29 is 19.2 Å². The smallest absolute Gasteiger partial charge is 0.309 e. The minimum absolute atomic E-state index is 0.00801. The van der Waals surface area contributed by atoms with Crippen LogP contribution >= 0.6 is 0 Å². The number of non-ortho nitro benzene ring substituents is 1. The Bertz CT molecular complexity index is 606. The molecule has 0 bridgehead atoms. The molecule has 0 N–H and O–H groups in total. The lowest BCUT2D eigenvalue weighted by molar-refractivity contribution is -0.384. The second kappa shape index (κ2) is 7.90. The maximum Gasteiger partial charge on any atom is 0.309 e. The van der Waals surface area contributed by atoms with E-state index >= 15 is 0 Å². The van der Waals surface area contributed by atoms with Gasteiger partial charge in [-0.3, -0.25) is 19.7 Å². The van der Waals surface area contributed by atoms with E-state index in [1.165, 1.54) is 12.1 Å². The highest BCUT2D eigenvalue weighted by Crippen LogP contribution is 2.25. The molecule has 1 aliphatic heterocycles. The Morgan fingerprint density at radius 3 is 2.38 bits per heavy atom. The fourth-order valence-electron chi connectivity index (χ4n) is 2.90. The van der Waals surface area contributed by atoms with Crippen LogP contribution in [0.2, 0.25) is 0 Å². The van der Waals surface area contributed by atoms with Crippen LogP contribution in [0.5, 0.6) is 0 Å². The van der Waals surface area contributed by atoms with Crippen molar-refractivity contribution >= 4 is 17.6 Å². The van der Waals surface area contributed by atoms with Gasteiger partial charge in [0.2, 0.25) is 5.91 Å². The minimum Gasteiger partial charge on any atom is -0.466 e. The molecule has 0 aliphatic carbocycles. The highest BCUT2D eigenvalue weighted by Gasteiger charge is 2.30. The molecule has 130 valence electrons. The van der Waals surface area contributed by atoms with Crippen LogP contribution in [-0.4, -0.2) is 41.4 Å². The Morgan fingerprint density at radius 1 is 1.29 bits per heavy atom. The molecule has 1 fully saturated rings. The lowest BCUT2D eigenvalue weighted by Crippen LogP contribution is -2.42. The van der Waals surface area contributed by atoms with Gasteiger partial charge in [-0.15, -0.1) is 0 Å². The Labute approximate surface area is 140 Å². The van der Waals surface area contributed by atoms with Crippen molar-refractivity contribution in [3.8, 4) is 0 Å². The monoisotopic (exact) mass is 334 g/mol. The SMILES string of the molecule is CCOC(=O)C1CCN(C(=O)[C@H](C)c2ccc([N+](=O)[O-])cc2)CC1. The molecule has 1 amide bonds. The first kappa shape index (κ1) is 17.9. The van der Waals surface area contributed by atoms with E-state index in [-0.39, 0.29) is 29.4 Å². The number of ether oxygens (including phenoxy) is 1. The molecule has 0 spiro atoms. The summed E-state index contributed by atoms with van der Waals surface area (Å²) in [6.07, 6.45) is 1.22. The number of nitro groups is 1. The Kier molecular flexibility index (Phi) is 5.89. The van der Waals surface area contributed by atoms with Crippen LogP contribution in [0, 0.1) is 16.0 Å². The lowest BCUT2D eigenvalue weighted by atomic mass is 9.94. The molecule has 1 heterocycles. The predicted octanol–water partition coefficient (Wildman–Crippen LogP) is 2.50.